The van der Waals surface area contributed by atoms with Crippen molar-refractivity contribution in [1.82, 2.24) is 5.43 Å². The van der Waals surface area contributed by atoms with Gasteiger partial charge in [-0.3, -0.25) is 11.3 Å². The van der Waals surface area contributed by atoms with E-state index in [1.165, 1.54) is 22.9 Å². The van der Waals surface area contributed by atoms with Crippen LogP contribution in [0.5, 0.6) is 0 Å². The van der Waals surface area contributed by atoms with Gasteiger partial charge in [0.2, 0.25) is 0 Å². The Morgan fingerprint density at radius 1 is 1.44 bits per heavy atom. The van der Waals surface area contributed by atoms with E-state index >= 15 is 0 Å². The minimum atomic E-state index is 0.381. The molecule has 0 radical (unpaired) electrons. The van der Waals surface area contributed by atoms with Crippen molar-refractivity contribution >= 4 is 15.9 Å². The zero-order valence-corrected chi connectivity index (χ0v) is 11.2. The van der Waals surface area contributed by atoms with Crippen LogP contribution in [0.3, 0.4) is 0 Å². The van der Waals surface area contributed by atoms with Crippen molar-refractivity contribution in [3.8, 4) is 0 Å². The Morgan fingerprint density at radius 2 is 2.12 bits per heavy atom. The Bertz CT molecular complexity index is 350. The molecule has 2 rings (SSSR count). The van der Waals surface area contributed by atoms with Crippen LogP contribution in [0, 0.1) is 11.8 Å². The third kappa shape index (κ3) is 2.84. The molecule has 0 aromatic heterocycles. The summed E-state index contributed by atoms with van der Waals surface area (Å²) in [5.74, 6) is 7.21. The van der Waals surface area contributed by atoms with Crippen molar-refractivity contribution < 1.29 is 0 Å². The summed E-state index contributed by atoms with van der Waals surface area (Å²) in [4.78, 5) is 0. The van der Waals surface area contributed by atoms with Crippen molar-refractivity contribution in [2.75, 3.05) is 0 Å². The molecule has 1 fully saturated rings. The fraction of sp³-hybridized carbons (Fsp3) is 0.538. The number of nitrogens with two attached hydrogens (primary N) is 1. The van der Waals surface area contributed by atoms with Gasteiger partial charge in [0.1, 0.15) is 0 Å². The quantitative estimate of drug-likeness (QED) is 0.644. The predicted octanol–water partition coefficient (Wildman–Crippen LogP) is 2.87. The molecule has 16 heavy (non-hydrogen) atoms. The number of hydrazine groups is 1. The first kappa shape index (κ1) is 12.1. The lowest BCUT2D eigenvalue weighted by atomic mass is 9.92. The maximum Gasteiger partial charge on any atom is 0.0279 e. The van der Waals surface area contributed by atoms with Crippen LogP contribution >= 0.6 is 15.9 Å². The van der Waals surface area contributed by atoms with Gasteiger partial charge in [-0.05, 0) is 42.7 Å². The molecule has 0 saturated heterocycles. The standard InChI is InChI=1S/C13H19BrN2/c1-9(10-6-7-10)13(16-15)8-11-4-2-3-5-12(11)14/h2-5,9-10,13,16H,6-8,15H2,1H3. The lowest BCUT2D eigenvalue weighted by Crippen LogP contribution is -2.42. The molecule has 2 atom stereocenters. The van der Waals surface area contributed by atoms with E-state index < -0.39 is 0 Å². The maximum absolute atomic E-state index is 5.67. The third-order valence-corrected chi connectivity index (χ3v) is 4.39. The molecule has 2 nitrogen and oxygen atoms in total. The Hall–Kier alpha value is -0.380. The number of nitrogens with one attached hydrogen (secondary N) is 1. The molecule has 1 aromatic rings. The van der Waals surface area contributed by atoms with Gasteiger partial charge in [-0.2, -0.15) is 0 Å². The van der Waals surface area contributed by atoms with E-state index in [0.717, 1.165) is 12.3 Å². The molecule has 1 saturated carbocycles. The highest BCUT2D eigenvalue weighted by Gasteiger charge is 2.32. The summed E-state index contributed by atoms with van der Waals surface area (Å²) in [6.45, 7) is 2.30. The largest absolute Gasteiger partial charge is 0.271 e. The molecule has 3 heteroatoms. The summed E-state index contributed by atoms with van der Waals surface area (Å²) in [7, 11) is 0. The van der Waals surface area contributed by atoms with Gasteiger partial charge in [0.15, 0.2) is 0 Å². The monoisotopic (exact) mass is 282 g/mol. The van der Waals surface area contributed by atoms with Crippen molar-refractivity contribution in [1.29, 1.82) is 0 Å². The molecule has 0 spiro atoms. The molecule has 3 N–H and O–H groups in total. The normalized spacial score (nSPS) is 19.4. The average Bonchev–Trinajstić information content (AvgIpc) is 3.11. The maximum atomic E-state index is 5.67. The summed E-state index contributed by atoms with van der Waals surface area (Å²) in [6.07, 6.45) is 3.74. The first-order valence-electron chi connectivity index (χ1n) is 5.92. The fourth-order valence-electron chi connectivity index (χ4n) is 2.25. The summed E-state index contributed by atoms with van der Waals surface area (Å²) >= 11 is 3.59. The molecule has 1 aliphatic rings. The molecule has 0 aliphatic heterocycles. The van der Waals surface area contributed by atoms with Crippen LogP contribution in [0.1, 0.15) is 25.3 Å². The van der Waals surface area contributed by atoms with Crippen molar-refractivity contribution in [3.05, 3.63) is 34.3 Å². The number of rotatable bonds is 5. The van der Waals surface area contributed by atoms with E-state index in [4.69, 9.17) is 5.84 Å². The van der Waals surface area contributed by atoms with Crippen molar-refractivity contribution in [3.63, 3.8) is 0 Å². The van der Waals surface area contributed by atoms with E-state index in [1.54, 1.807) is 0 Å². The van der Waals surface area contributed by atoms with Crippen LogP contribution in [0.15, 0.2) is 28.7 Å². The van der Waals surface area contributed by atoms with E-state index in [-0.39, 0.29) is 0 Å². The van der Waals surface area contributed by atoms with Crippen molar-refractivity contribution in [2.24, 2.45) is 17.7 Å². The van der Waals surface area contributed by atoms with Gasteiger partial charge in [-0.25, -0.2) is 0 Å². The highest BCUT2D eigenvalue weighted by molar-refractivity contribution is 9.10. The zero-order chi connectivity index (χ0) is 11.5. The molecule has 0 amide bonds. The fourth-order valence-corrected chi connectivity index (χ4v) is 2.69. The van der Waals surface area contributed by atoms with Gasteiger partial charge in [0, 0.05) is 10.5 Å². The van der Waals surface area contributed by atoms with Gasteiger partial charge in [-0.1, -0.05) is 41.1 Å². The van der Waals surface area contributed by atoms with Gasteiger partial charge < -0.3 is 0 Å². The van der Waals surface area contributed by atoms with Gasteiger partial charge in [0.25, 0.3) is 0 Å². The van der Waals surface area contributed by atoms with Gasteiger partial charge >= 0.3 is 0 Å². The lowest BCUT2D eigenvalue weighted by molar-refractivity contribution is 0.343. The van der Waals surface area contributed by atoms with Crippen LogP contribution in [0.25, 0.3) is 0 Å². The first-order chi connectivity index (χ1) is 7.72. The second kappa shape index (κ2) is 5.30. The van der Waals surface area contributed by atoms with Crippen LogP contribution in [0.2, 0.25) is 0 Å². The minimum absolute atomic E-state index is 0.381. The predicted molar refractivity (Wildman–Crippen MR) is 70.8 cm³/mol. The Balaban J connectivity index is 2.03. The second-order valence-corrected chi connectivity index (χ2v) is 5.62. The molecule has 1 aliphatic carbocycles. The SMILES string of the molecule is CC(C1CC1)C(Cc1ccccc1Br)NN. The summed E-state index contributed by atoms with van der Waals surface area (Å²) in [5, 5.41) is 0. The Kier molecular flexibility index (Phi) is 4.00. The molecular weight excluding hydrogens is 264 g/mol. The topological polar surface area (TPSA) is 38.0 Å². The van der Waals surface area contributed by atoms with E-state index in [0.29, 0.717) is 12.0 Å². The number of benzene rings is 1. The van der Waals surface area contributed by atoms with Crippen LogP contribution in [-0.4, -0.2) is 6.04 Å². The third-order valence-electron chi connectivity index (χ3n) is 3.61. The lowest BCUT2D eigenvalue weighted by Gasteiger charge is -2.23. The smallest absolute Gasteiger partial charge is 0.0279 e. The van der Waals surface area contributed by atoms with Crippen LogP contribution in [0.4, 0.5) is 0 Å². The Morgan fingerprint density at radius 3 is 2.69 bits per heavy atom. The highest BCUT2D eigenvalue weighted by Crippen LogP contribution is 2.38. The summed E-state index contributed by atoms with van der Waals surface area (Å²) in [5.41, 5.74) is 4.31. The van der Waals surface area contributed by atoms with Crippen molar-refractivity contribution in [2.45, 2.75) is 32.2 Å². The number of hydrogen-bond acceptors (Lipinski definition) is 2. The van der Waals surface area contributed by atoms with E-state index in [2.05, 4.69) is 46.5 Å². The molecule has 0 heterocycles. The number of halogens is 1. The van der Waals surface area contributed by atoms with E-state index in [1.807, 2.05) is 6.07 Å². The van der Waals surface area contributed by atoms with E-state index in [9.17, 15) is 0 Å². The molecule has 1 aromatic carbocycles. The molecule has 0 bridgehead atoms. The van der Waals surface area contributed by atoms with Crippen LogP contribution < -0.4 is 11.3 Å². The highest BCUT2D eigenvalue weighted by atomic mass is 79.9. The van der Waals surface area contributed by atoms with Gasteiger partial charge in [0.05, 0.1) is 0 Å². The Labute approximate surface area is 106 Å². The van der Waals surface area contributed by atoms with Crippen LogP contribution in [-0.2, 0) is 6.42 Å². The molecular formula is C13H19BrN2. The summed E-state index contributed by atoms with van der Waals surface area (Å²) in [6, 6.07) is 8.75. The second-order valence-electron chi connectivity index (χ2n) is 4.77. The zero-order valence-electron chi connectivity index (χ0n) is 9.62. The number of hydrogen-bond donors (Lipinski definition) is 2. The molecule has 88 valence electrons. The van der Waals surface area contributed by atoms with Gasteiger partial charge in [-0.15, -0.1) is 0 Å². The average molecular weight is 283 g/mol. The molecule has 2 unspecified atom stereocenters. The summed E-state index contributed by atoms with van der Waals surface area (Å²) < 4.78 is 1.18. The first-order valence-corrected chi connectivity index (χ1v) is 6.71. The minimum Gasteiger partial charge on any atom is -0.271 e.